The monoisotopic (exact) mass is 332 g/mol. The van der Waals surface area contributed by atoms with Crippen molar-refractivity contribution in [2.45, 2.75) is 12.5 Å². The van der Waals surface area contributed by atoms with Crippen LogP contribution in [-0.4, -0.2) is 44.8 Å². The third-order valence-corrected chi connectivity index (χ3v) is 3.08. The van der Waals surface area contributed by atoms with Gasteiger partial charge in [-0.05, 0) is 18.2 Å². The van der Waals surface area contributed by atoms with E-state index in [9.17, 15) is 14.0 Å². The second-order valence-electron chi connectivity index (χ2n) is 4.64. The fraction of sp³-hybridized carbons (Fsp3) is 0.429. The molecule has 1 aliphatic heterocycles. The molecule has 0 aromatic heterocycles. The second-order valence-corrected chi connectivity index (χ2v) is 4.64. The fourth-order valence-corrected chi connectivity index (χ4v) is 2.02. The van der Waals surface area contributed by atoms with E-state index >= 15 is 0 Å². The first-order chi connectivity index (χ1) is 10.1. The molecule has 2 rings (SSSR count). The lowest BCUT2D eigenvalue weighted by atomic mass is 10.1. The van der Waals surface area contributed by atoms with Crippen LogP contribution in [0.4, 0.5) is 10.1 Å². The summed E-state index contributed by atoms with van der Waals surface area (Å²) in [7, 11) is 1.23. The predicted octanol–water partition coefficient (Wildman–Crippen LogP) is 1.35. The fourth-order valence-electron chi connectivity index (χ4n) is 2.02. The Morgan fingerprint density at radius 2 is 2.27 bits per heavy atom. The van der Waals surface area contributed by atoms with Gasteiger partial charge in [-0.1, -0.05) is 0 Å². The molecule has 122 valence electrons. The van der Waals surface area contributed by atoms with E-state index in [0.717, 1.165) is 12.6 Å². The van der Waals surface area contributed by atoms with Crippen LogP contribution in [0.3, 0.4) is 0 Å². The molecule has 1 unspecified atom stereocenters. The van der Waals surface area contributed by atoms with Gasteiger partial charge in [0.15, 0.2) is 0 Å². The molecule has 1 saturated heterocycles. The molecule has 1 atom stereocenters. The number of carbonyl (C=O) groups is 2. The number of carbonyl (C=O) groups excluding carboxylic acids is 2. The highest BCUT2D eigenvalue weighted by atomic mass is 35.5. The summed E-state index contributed by atoms with van der Waals surface area (Å²) in [6, 6.07) is 3.66. The van der Waals surface area contributed by atoms with Crippen LogP contribution in [0.2, 0.25) is 0 Å². The quantitative estimate of drug-likeness (QED) is 0.814. The number of rotatable bonds is 4. The van der Waals surface area contributed by atoms with E-state index in [0.29, 0.717) is 13.2 Å². The molecule has 1 aromatic rings. The first-order valence-corrected chi connectivity index (χ1v) is 6.60. The van der Waals surface area contributed by atoms with Gasteiger partial charge >= 0.3 is 5.97 Å². The SMILES string of the molecule is COC(=O)c1ccc(F)c(NC(=O)CC2CNCCO2)c1.Cl. The Morgan fingerprint density at radius 3 is 2.91 bits per heavy atom. The molecule has 1 amide bonds. The van der Waals surface area contributed by atoms with Crippen LogP contribution in [0.1, 0.15) is 16.8 Å². The molecule has 1 aromatic carbocycles. The summed E-state index contributed by atoms with van der Waals surface area (Å²) in [4.78, 5) is 23.3. The average molecular weight is 333 g/mol. The Labute approximate surface area is 133 Å². The highest BCUT2D eigenvalue weighted by Crippen LogP contribution is 2.17. The number of anilines is 1. The van der Waals surface area contributed by atoms with Crippen LogP contribution in [0.25, 0.3) is 0 Å². The van der Waals surface area contributed by atoms with Crippen molar-refractivity contribution in [1.29, 1.82) is 0 Å². The maximum atomic E-state index is 13.7. The molecular formula is C14H18ClFN2O4. The van der Waals surface area contributed by atoms with Crippen LogP contribution < -0.4 is 10.6 Å². The zero-order chi connectivity index (χ0) is 15.2. The number of hydrogen-bond donors (Lipinski definition) is 2. The standard InChI is InChI=1S/C14H17FN2O4.ClH/c1-20-14(19)9-2-3-11(15)12(6-9)17-13(18)7-10-8-16-4-5-21-10;/h2-3,6,10,16H,4-5,7-8H2,1H3,(H,17,18);1H. The van der Waals surface area contributed by atoms with Crippen molar-refractivity contribution in [3.63, 3.8) is 0 Å². The molecule has 0 saturated carbocycles. The van der Waals surface area contributed by atoms with Crippen LogP contribution in [0, 0.1) is 5.82 Å². The van der Waals surface area contributed by atoms with Crippen molar-refractivity contribution in [2.75, 3.05) is 32.1 Å². The van der Waals surface area contributed by atoms with Crippen molar-refractivity contribution in [3.05, 3.63) is 29.6 Å². The summed E-state index contributed by atoms with van der Waals surface area (Å²) in [5, 5.41) is 5.55. The van der Waals surface area contributed by atoms with Gasteiger partial charge in [-0.2, -0.15) is 0 Å². The molecule has 0 spiro atoms. The van der Waals surface area contributed by atoms with E-state index in [1.807, 2.05) is 0 Å². The summed E-state index contributed by atoms with van der Waals surface area (Å²) in [5.74, 6) is -1.58. The molecule has 0 bridgehead atoms. The Bertz CT molecular complexity index is 536. The van der Waals surface area contributed by atoms with E-state index in [1.165, 1.54) is 19.2 Å². The number of amides is 1. The molecule has 1 aliphatic rings. The Morgan fingerprint density at radius 1 is 1.50 bits per heavy atom. The zero-order valence-electron chi connectivity index (χ0n) is 12.1. The molecule has 22 heavy (non-hydrogen) atoms. The highest BCUT2D eigenvalue weighted by Gasteiger charge is 2.18. The van der Waals surface area contributed by atoms with Crippen molar-refractivity contribution >= 4 is 30.0 Å². The van der Waals surface area contributed by atoms with Crippen molar-refractivity contribution < 1.29 is 23.5 Å². The second kappa shape index (κ2) is 8.67. The minimum absolute atomic E-state index is 0. The smallest absolute Gasteiger partial charge is 0.337 e. The molecule has 1 fully saturated rings. The lowest BCUT2D eigenvalue weighted by molar-refractivity contribution is -0.119. The maximum absolute atomic E-state index is 13.7. The topological polar surface area (TPSA) is 76.7 Å². The summed E-state index contributed by atoms with van der Waals surface area (Å²) >= 11 is 0. The van der Waals surface area contributed by atoms with Crippen LogP contribution in [-0.2, 0) is 14.3 Å². The Balaban J connectivity index is 0.00000242. The number of esters is 1. The van der Waals surface area contributed by atoms with Gasteiger partial charge in [0.2, 0.25) is 5.91 Å². The van der Waals surface area contributed by atoms with Gasteiger partial charge in [0, 0.05) is 13.1 Å². The van der Waals surface area contributed by atoms with Gasteiger partial charge in [-0.25, -0.2) is 9.18 Å². The average Bonchev–Trinajstić information content (AvgIpc) is 2.49. The van der Waals surface area contributed by atoms with Gasteiger partial charge in [0.25, 0.3) is 0 Å². The Hall–Kier alpha value is -1.70. The molecule has 0 radical (unpaired) electrons. The van der Waals surface area contributed by atoms with E-state index in [-0.39, 0.29) is 42.1 Å². The lowest BCUT2D eigenvalue weighted by Crippen LogP contribution is -2.40. The lowest BCUT2D eigenvalue weighted by Gasteiger charge is -2.23. The van der Waals surface area contributed by atoms with Gasteiger partial charge in [0.05, 0.1) is 37.5 Å². The summed E-state index contributed by atoms with van der Waals surface area (Å²) in [6.07, 6.45) is -0.111. The van der Waals surface area contributed by atoms with Gasteiger partial charge in [0.1, 0.15) is 5.82 Å². The molecule has 1 heterocycles. The van der Waals surface area contributed by atoms with Gasteiger partial charge in [-0.15, -0.1) is 12.4 Å². The summed E-state index contributed by atoms with van der Waals surface area (Å²) in [6.45, 7) is 1.89. The number of morpholine rings is 1. The number of ether oxygens (including phenoxy) is 2. The molecular weight excluding hydrogens is 315 g/mol. The molecule has 0 aliphatic carbocycles. The summed E-state index contributed by atoms with van der Waals surface area (Å²) < 4.78 is 23.6. The first-order valence-electron chi connectivity index (χ1n) is 6.60. The third-order valence-electron chi connectivity index (χ3n) is 3.08. The molecule has 8 heteroatoms. The first kappa shape index (κ1) is 18.3. The molecule has 2 N–H and O–H groups in total. The third kappa shape index (κ3) is 4.94. The van der Waals surface area contributed by atoms with Gasteiger partial charge < -0.3 is 20.1 Å². The predicted molar refractivity (Wildman–Crippen MR) is 80.8 cm³/mol. The minimum atomic E-state index is -0.612. The number of nitrogens with one attached hydrogen (secondary N) is 2. The molecule has 6 nitrogen and oxygen atoms in total. The minimum Gasteiger partial charge on any atom is -0.465 e. The summed E-state index contributed by atoms with van der Waals surface area (Å²) in [5.41, 5.74) is 0.122. The van der Waals surface area contributed by atoms with Crippen molar-refractivity contribution in [2.24, 2.45) is 0 Å². The van der Waals surface area contributed by atoms with Crippen molar-refractivity contribution in [3.8, 4) is 0 Å². The zero-order valence-corrected chi connectivity index (χ0v) is 12.9. The van der Waals surface area contributed by atoms with Crippen LogP contribution >= 0.6 is 12.4 Å². The Kier molecular flexibility index (Phi) is 7.23. The largest absolute Gasteiger partial charge is 0.465 e. The van der Waals surface area contributed by atoms with E-state index in [1.54, 1.807) is 0 Å². The number of halogens is 2. The van der Waals surface area contributed by atoms with Crippen LogP contribution in [0.15, 0.2) is 18.2 Å². The van der Waals surface area contributed by atoms with E-state index < -0.39 is 11.8 Å². The van der Waals surface area contributed by atoms with E-state index in [2.05, 4.69) is 15.4 Å². The van der Waals surface area contributed by atoms with E-state index in [4.69, 9.17) is 4.74 Å². The maximum Gasteiger partial charge on any atom is 0.337 e. The van der Waals surface area contributed by atoms with Crippen molar-refractivity contribution in [1.82, 2.24) is 5.32 Å². The number of hydrogen-bond acceptors (Lipinski definition) is 5. The number of methoxy groups -OCH3 is 1. The highest BCUT2D eigenvalue weighted by molar-refractivity contribution is 5.94. The normalized spacial score (nSPS) is 17.3. The van der Waals surface area contributed by atoms with Crippen LogP contribution in [0.5, 0.6) is 0 Å². The number of benzene rings is 1. The van der Waals surface area contributed by atoms with Gasteiger partial charge in [-0.3, -0.25) is 4.79 Å².